The second kappa shape index (κ2) is 7.03. The van der Waals surface area contributed by atoms with Gasteiger partial charge >= 0.3 is 5.97 Å². The van der Waals surface area contributed by atoms with Crippen molar-refractivity contribution in [2.75, 3.05) is 26.2 Å². The molecule has 2 aromatic rings. The quantitative estimate of drug-likeness (QED) is 0.789. The van der Waals surface area contributed by atoms with Crippen LogP contribution in [0.4, 0.5) is 4.39 Å². The third-order valence-electron chi connectivity index (χ3n) is 5.28. The smallest absolute Gasteiger partial charge is 0.338 e. The zero-order valence-electron chi connectivity index (χ0n) is 14.4. The highest BCUT2D eigenvalue weighted by Gasteiger charge is 2.34. The van der Waals surface area contributed by atoms with Crippen LogP contribution in [0.1, 0.15) is 28.4 Å². The van der Waals surface area contributed by atoms with Crippen molar-refractivity contribution < 1.29 is 13.9 Å². The molecule has 4 rings (SSSR count). The van der Waals surface area contributed by atoms with E-state index >= 15 is 0 Å². The number of piperidine rings is 1. The maximum Gasteiger partial charge on any atom is 0.338 e. The van der Waals surface area contributed by atoms with E-state index in [-0.39, 0.29) is 11.4 Å². The van der Waals surface area contributed by atoms with Crippen LogP contribution in [0, 0.1) is 11.7 Å². The number of aromatic nitrogens is 1. The van der Waals surface area contributed by atoms with Crippen molar-refractivity contribution in [2.45, 2.75) is 18.9 Å². The number of rotatable bonds is 4. The predicted molar refractivity (Wildman–Crippen MR) is 94.7 cm³/mol. The third kappa shape index (κ3) is 3.42. The molecule has 6 heteroatoms. The van der Waals surface area contributed by atoms with Gasteiger partial charge in [-0.15, -0.1) is 0 Å². The molecule has 0 saturated carbocycles. The van der Waals surface area contributed by atoms with Gasteiger partial charge in [0.2, 0.25) is 0 Å². The average molecular weight is 356 g/mol. The number of hydrogen-bond donors (Lipinski definition) is 0. The molecule has 1 fully saturated rings. The maximum absolute atomic E-state index is 12.9. The molecule has 0 radical (unpaired) electrons. The molecule has 136 valence electrons. The molecule has 2 aliphatic rings. The summed E-state index contributed by atoms with van der Waals surface area (Å²) < 4.78 is 20.1. The second-order valence-electron chi connectivity index (χ2n) is 7.10. The van der Waals surface area contributed by atoms with Gasteiger partial charge in [-0.2, -0.15) is 0 Å². The summed E-state index contributed by atoms with van der Waals surface area (Å²) in [5, 5.41) is 0. The van der Waals surface area contributed by atoms with Crippen LogP contribution >= 0.6 is 0 Å². The average Bonchev–Trinajstić information content (AvgIpc) is 2.63. The van der Waals surface area contributed by atoms with E-state index in [0.717, 1.165) is 31.7 Å². The van der Waals surface area contributed by atoms with Crippen LogP contribution in [0.2, 0.25) is 0 Å². The summed E-state index contributed by atoms with van der Waals surface area (Å²) in [4.78, 5) is 26.3. The number of halogens is 1. The summed E-state index contributed by atoms with van der Waals surface area (Å²) in [5.74, 6) is -0.00162. The highest BCUT2D eigenvalue weighted by atomic mass is 19.1. The van der Waals surface area contributed by atoms with Crippen LogP contribution in [-0.4, -0.2) is 41.7 Å². The fourth-order valence-corrected chi connectivity index (χ4v) is 4.11. The Kier molecular flexibility index (Phi) is 4.59. The number of pyridine rings is 1. The van der Waals surface area contributed by atoms with Crippen molar-refractivity contribution in [3.63, 3.8) is 0 Å². The minimum absolute atomic E-state index is 0.0823. The van der Waals surface area contributed by atoms with Gasteiger partial charge in [-0.1, -0.05) is 6.07 Å². The van der Waals surface area contributed by atoms with Crippen molar-refractivity contribution in [1.82, 2.24) is 9.47 Å². The molecule has 0 unspecified atom stereocenters. The molecule has 0 spiro atoms. The van der Waals surface area contributed by atoms with Crippen molar-refractivity contribution in [3.8, 4) is 0 Å². The van der Waals surface area contributed by atoms with Crippen molar-refractivity contribution in [2.24, 2.45) is 5.92 Å². The van der Waals surface area contributed by atoms with Crippen LogP contribution < -0.4 is 5.56 Å². The second-order valence-corrected chi connectivity index (χ2v) is 7.10. The van der Waals surface area contributed by atoms with Crippen LogP contribution in [0.15, 0.2) is 47.3 Å². The number of benzene rings is 1. The fourth-order valence-electron chi connectivity index (χ4n) is 4.11. The third-order valence-corrected chi connectivity index (χ3v) is 5.28. The van der Waals surface area contributed by atoms with Gasteiger partial charge < -0.3 is 9.30 Å². The molecule has 1 aromatic carbocycles. The zero-order chi connectivity index (χ0) is 18.1. The summed E-state index contributed by atoms with van der Waals surface area (Å²) in [5.41, 5.74) is 1.55. The van der Waals surface area contributed by atoms with Gasteiger partial charge in [-0.25, -0.2) is 9.18 Å². The molecule has 1 saturated heterocycles. The van der Waals surface area contributed by atoms with Gasteiger partial charge in [0.1, 0.15) is 12.4 Å². The lowest BCUT2D eigenvalue weighted by molar-refractivity contribution is 0.0403. The molecule has 3 heterocycles. The highest BCUT2D eigenvalue weighted by Crippen LogP contribution is 2.34. The monoisotopic (exact) mass is 356 g/mol. The van der Waals surface area contributed by atoms with Crippen molar-refractivity contribution in [3.05, 3.63) is 69.9 Å². The van der Waals surface area contributed by atoms with E-state index in [1.807, 2.05) is 16.7 Å². The number of hydrogen-bond acceptors (Lipinski definition) is 4. The van der Waals surface area contributed by atoms with E-state index in [4.69, 9.17) is 4.74 Å². The van der Waals surface area contributed by atoms with Gasteiger partial charge in [0.05, 0.1) is 5.56 Å². The first-order valence-corrected chi connectivity index (χ1v) is 8.95. The molecule has 2 atom stereocenters. The Labute approximate surface area is 151 Å². The molecule has 1 aromatic heterocycles. The molecule has 5 nitrogen and oxygen atoms in total. The summed E-state index contributed by atoms with van der Waals surface area (Å²) >= 11 is 0. The van der Waals surface area contributed by atoms with Crippen LogP contribution in [-0.2, 0) is 11.3 Å². The lowest BCUT2D eigenvalue weighted by Crippen LogP contribution is -2.47. The SMILES string of the molecule is O=C(OCCN1C[C@H]2C[C@H](C1)c1cccc(=O)n1C2)c1ccc(F)cc1. The summed E-state index contributed by atoms with van der Waals surface area (Å²) in [6.07, 6.45) is 1.11. The Morgan fingerprint density at radius 3 is 2.73 bits per heavy atom. The molecule has 0 aliphatic carbocycles. The summed E-state index contributed by atoms with van der Waals surface area (Å²) in [6, 6.07) is 10.9. The van der Waals surface area contributed by atoms with Gasteiger partial charge in [0.15, 0.2) is 0 Å². The number of nitrogens with zero attached hydrogens (tertiary/aromatic N) is 2. The molecule has 26 heavy (non-hydrogen) atoms. The van der Waals surface area contributed by atoms with Crippen molar-refractivity contribution in [1.29, 1.82) is 0 Å². The topological polar surface area (TPSA) is 51.5 Å². The van der Waals surface area contributed by atoms with Crippen LogP contribution in [0.3, 0.4) is 0 Å². The predicted octanol–water partition coefficient (Wildman–Crippen LogP) is 2.26. The number of fused-ring (bicyclic) bond motifs is 4. The Bertz CT molecular complexity index is 862. The number of likely N-dealkylation sites (tertiary alicyclic amines) is 1. The Morgan fingerprint density at radius 2 is 1.92 bits per heavy atom. The first kappa shape index (κ1) is 17.0. The lowest BCUT2D eigenvalue weighted by atomic mass is 9.83. The number of ether oxygens (including phenoxy) is 1. The largest absolute Gasteiger partial charge is 0.461 e. The Hall–Kier alpha value is -2.47. The zero-order valence-corrected chi connectivity index (χ0v) is 14.4. The first-order valence-electron chi connectivity index (χ1n) is 8.95. The van der Waals surface area contributed by atoms with Crippen LogP contribution in [0.5, 0.6) is 0 Å². The Morgan fingerprint density at radius 1 is 1.12 bits per heavy atom. The van der Waals surface area contributed by atoms with E-state index in [1.54, 1.807) is 6.07 Å². The minimum atomic E-state index is -0.431. The highest BCUT2D eigenvalue weighted by molar-refractivity contribution is 5.89. The molecule has 2 bridgehead atoms. The molecular formula is C20H21FN2O3. The molecular weight excluding hydrogens is 335 g/mol. The van der Waals surface area contributed by atoms with E-state index in [2.05, 4.69) is 4.90 Å². The van der Waals surface area contributed by atoms with Gasteiger partial charge in [0.25, 0.3) is 5.56 Å². The van der Waals surface area contributed by atoms with E-state index in [1.165, 1.54) is 24.3 Å². The number of carbonyl (C=O) groups is 1. The van der Waals surface area contributed by atoms with Crippen LogP contribution in [0.25, 0.3) is 0 Å². The fraction of sp³-hybridized carbons (Fsp3) is 0.400. The number of carbonyl (C=O) groups excluding carboxylic acids is 1. The van der Waals surface area contributed by atoms with Gasteiger partial charge in [-0.05, 0) is 42.7 Å². The number of esters is 1. The van der Waals surface area contributed by atoms with Gasteiger partial charge in [-0.3, -0.25) is 9.69 Å². The molecule has 0 N–H and O–H groups in total. The van der Waals surface area contributed by atoms with E-state index in [9.17, 15) is 14.0 Å². The minimum Gasteiger partial charge on any atom is -0.461 e. The summed E-state index contributed by atoms with van der Waals surface area (Å²) in [6.45, 7) is 3.51. The maximum atomic E-state index is 12.9. The normalized spacial score (nSPS) is 21.9. The molecule has 2 aliphatic heterocycles. The van der Waals surface area contributed by atoms with E-state index < -0.39 is 5.97 Å². The van der Waals surface area contributed by atoms with E-state index in [0.29, 0.717) is 30.6 Å². The standard InChI is InChI=1S/C20H21FN2O3/c21-17-6-4-15(5-7-17)20(25)26-9-8-22-11-14-10-16(13-22)18-2-1-3-19(24)23(18)12-14/h1-7,14,16H,8-13H2/t14-,16-/m1/s1. The van der Waals surface area contributed by atoms with Gasteiger partial charge in [0, 0.05) is 43.9 Å². The molecule has 0 amide bonds. The van der Waals surface area contributed by atoms with Crippen molar-refractivity contribution >= 4 is 5.97 Å². The first-order chi connectivity index (χ1) is 12.6. The Balaban J connectivity index is 1.34. The summed E-state index contributed by atoms with van der Waals surface area (Å²) in [7, 11) is 0. The lowest BCUT2D eigenvalue weighted by Gasteiger charge is -2.42.